The average molecular weight is 477 g/mol. The molecular formula is C20H18ClFN6O3S. The van der Waals surface area contributed by atoms with E-state index in [0.29, 0.717) is 16.1 Å². The van der Waals surface area contributed by atoms with Crippen LogP contribution in [0.3, 0.4) is 0 Å². The zero-order chi connectivity index (χ0) is 22.7. The average Bonchev–Trinajstić information content (AvgIpc) is 3.43. The summed E-state index contributed by atoms with van der Waals surface area (Å²) in [7, 11) is 0. The summed E-state index contributed by atoms with van der Waals surface area (Å²) in [6.45, 7) is 1.74. The highest BCUT2D eigenvalue weighted by atomic mass is 35.5. The molecule has 1 saturated heterocycles. The monoisotopic (exact) mass is 476 g/mol. The molecular weight excluding hydrogens is 459 g/mol. The lowest BCUT2D eigenvalue weighted by Gasteiger charge is -2.18. The van der Waals surface area contributed by atoms with Crippen LogP contribution in [0.2, 0.25) is 5.02 Å². The normalized spacial score (nSPS) is 13.4. The van der Waals surface area contributed by atoms with Crippen LogP contribution in [0.25, 0.3) is 5.69 Å². The predicted octanol–water partition coefficient (Wildman–Crippen LogP) is 4.30. The van der Waals surface area contributed by atoms with E-state index in [1.807, 2.05) is 16.7 Å². The van der Waals surface area contributed by atoms with Crippen molar-refractivity contribution < 1.29 is 14.1 Å². The molecule has 9 nitrogen and oxygen atoms in total. The molecule has 12 heteroatoms. The number of aromatic nitrogens is 3. The van der Waals surface area contributed by atoms with E-state index in [4.69, 9.17) is 11.6 Å². The third-order valence-electron chi connectivity index (χ3n) is 4.83. The number of benzene rings is 2. The lowest BCUT2D eigenvalue weighted by Crippen LogP contribution is -2.22. The fourth-order valence-electron chi connectivity index (χ4n) is 3.38. The Kier molecular flexibility index (Phi) is 6.56. The molecule has 0 bridgehead atoms. The zero-order valence-corrected chi connectivity index (χ0v) is 18.3. The smallest absolute Gasteiger partial charge is 0.306 e. The van der Waals surface area contributed by atoms with E-state index in [9.17, 15) is 19.3 Å². The molecule has 0 aliphatic carbocycles. The Morgan fingerprint density at radius 3 is 2.72 bits per heavy atom. The van der Waals surface area contributed by atoms with Crippen LogP contribution >= 0.6 is 23.4 Å². The van der Waals surface area contributed by atoms with Gasteiger partial charge in [-0.25, -0.2) is 0 Å². The van der Waals surface area contributed by atoms with Gasteiger partial charge < -0.3 is 10.2 Å². The van der Waals surface area contributed by atoms with Gasteiger partial charge >= 0.3 is 5.69 Å². The Labute approximate surface area is 191 Å². The number of halogens is 2. The Hall–Kier alpha value is -3.18. The number of rotatable bonds is 7. The summed E-state index contributed by atoms with van der Waals surface area (Å²) in [4.78, 5) is 24.6. The molecule has 1 aliphatic heterocycles. The van der Waals surface area contributed by atoms with Crippen molar-refractivity contribution in [1.82, 2.24) is 14.8 Å². The molecule has 0 atom stereocenters. The fraction of sp³-hybridized carbons (Fsp3) is 0.250. The second-order valence-corrected chi connectivity index (χ2v) is 8.43. The molecule has 3 aromatic rings. The summed E-state index contributed by atoms with van der Waals surface area (Å²) < 4.78 is 15.4. The number of amides is 1. The lowest BCUT2D eigenvalue weighted by atomic mass is 10.2. The van der Waals surface area contributed by atoms with Gasteiger partial charge in [0.05, 0.1) is 16.4 Å². The van der Waals surface area contributed by atoms with Crippen molar-refractivity contribution in [2.24, 2.45) is 0 Å². The van der Waals surface area contributed by atoms with E-state index in [0.717, 1.165) is 43.8 Å². The maximum absolute atomic E-state index is 13.5. The molecule has 4 rings (SSSR count). The Bertz CT molecular complexity index is 1170. The molecule has 1 fully saturated rings. The lowest BCUT2D eigenvalue weighted by molar-refractivity contribution is -0.387. The summed E-state index contributed by atoms with van der Waals surface area (Å²) in [5, 5.41) is 23.1. The van der Waals surface area contributed by atoms with Crippen molar-refractivity contribution in [3.63, 3.8) is 0 Å². The number of thioether (sulfide) groups is 1. The first-order valence-corrected chi connectivity index (χ1v) is 11.1. The first-order chi connectivity index (χ1) is 15.4. The predicted molar refractivity (Wildman–Crippen MR) is 120 cm³/mol. The Morgan fingerprint density at radius 2 is 2.00 bits per heavy atom. The number of hydrogen-bond donors (Lipinski definition) is 1. The van der Waals surface area contributed by atoms with E-state index in [1.54, 1.807) is 12.1 Å². The van der Waals surface area contributed by atoms with Crippen molar-refractivity contribution >= 4 is 46.6 Å². The molecule has 2 heterocycles. The number of nitrogens with zero attached hydrogens (tertiary/aromatic N) is 5. The quantitative estimate of drug-likeness (QED) is 0.308. The molecule has 166 valence electrons. The molecule has 32 heavy (non-hydrogen) atoms. The summed E-state index contributed by atoms with van der Waals surface area (Å²) in [5.74, 6) is -0.725. The minimum absolute atomic E-state index is 0.0239. The molecule has 0 spiro atoms. The second kappa shape index (κ2) is 9.53. The molecule has 1 aliphatic rings. The molecule has 0 radical (unpaired) electrons. The maximum Gasteiger partial charge on any atom is 0.306 e. The number of hydrogen-bond acceptors (Lipinski definition) is 7. The number of nitro benzene ring substituents is 1. The number of carbonyl (C=O) groups excluding carboxylic acids is 1. The van der Waals surface area contributed by atoms with Crippen molar-refractivity contribution in [2.75, 3.05) is 29.1 Å². The van der Waals surface area contributed by atoms with Crippen LogP contribution in [0, 0.1) is 15.9 Å². The molecule has 0 unspecified atom stereocenters. The number of anilines is 2. The number of nitro groups is 1. The van der Waals surface area contributed by atoms with Crippen LogP contribution in [0.1, 0.15) is 12.8 Å². The number of nitrogens with one attached hydrogen (secondary N) is 1. The summed E-state index contributed by atoms with van der Waals surface area (Å²) in [6, 6.07) is 10.5. The second-order valence-electron chi connectivity index (χ2n) is 7.05. The first-order valence-electron chi connectivity index (χ1n) is 9.75. The van der Waals surface area contributed by atoms with Crippen molar-refractivity contribution in [1.29, 1.82) is 0 Å². The molecule has 2 aromatic carbocycles. The van der Waals surface area contributed by atoms with E-state index in [-0.39, 0.29) is 11.4 Å². The summed E-state index contributed by atoms with van der Waals surface area (Å²) in [5.41, 5.74) is 0.214. The van der Waals surface area contributed by atoms with Crippen LogP contribution in [-0.2, 0) is 4.79 Å². The van der Waals surface area contributed by atoms with E-state index < -0.39 is 22.3 Å². The third kappa shape index (κ3) is 4.83. The van der Waals surface area contributed by atoms with Crippen LogP contribution in [0.5, 0.6) is 0 Å². The van der Waals surface area contributed by atoms with Gasteiger partial charge in [0, 0.05) is 29.9 Å². The molecule has 1 aromatic heterocycles. The minimum atomic E-state index is -0.966. The molecule has 0 saturated carbocycles. The van der Waals surface area contributed by atoms with E-state index >= 15 is 0 Å². The van der Waals surface area contributed by atoms with Gasteiger partial charge in [0.15, 0.2) is 5.16 Å². The fourth-order valence-corrected chi connectivity index (χ4v) is 4.31. The largest absolute Gasteiger partial charge is 0.341 e. The van der Waals surface area contributed by atoms with Crippen LogP contribution in [0.4, 0.5) is 21.7 Å². The topological polar surface area (TPSA) is 106 Å². The third-order valence-corrected chi connectivity index (χ3v) is 5.99. The number of carbonyl (C=O) groups is 1. The van der Waals surface area contributed by atoms with Gasteiger partial charge in [-0.15, -0.1) is 10.2 Å². The van der Waals surface area contributed by atoms with Gasteiger partial charge in [0.2, 0.25) is 17.7 Å². The van der Waals surface area contributed by atoms with E-state index in [2.05, 4.69) is 20.4 Å². The summed E-state index contributed by atoms with van der Waals surface area (Å²) >= 11 is 7.34. The summed E-state index contributed by atoms with van der Waals surface area (Å²) in [6.07, 6.45) is 2.13. The van der Waals surface area contributed by atoms with Gasteiger partial charge in [-0.3, -0.25) is 19.5 Å². The highest BCUT2D eigenvalue weighted by molar-refractivity contribution is 7.99. The van der Waals surface area contributed by atoms with Gasteiger partial charge in [0.25, 0.3) is 0 Å². The van der Waals surface area contributed by atoms with Gasteiger partial charge in [-0.1, -0.05) is 29.4 Å². The van der Waals surface area contributed by atoms with Crippen molar-refractivity contribution in [3.8, 4) is 5.69 Å². The van der Waals surface area contributed by atoms with Gasteiger partial charge in [0.1, 0.15) is 0 Å². The highest BCUT2D eigenvalue weighted by Crippen LogP contribution is 2.30. The highest BCUT2D eigenvalue weighted by Gasteiger charge is 2.23. The SMILES string of the molecule is O=C(CSc1nnc(N2CCCC2)n1-c1cccc(Cl)c1)Nc1ccc(F)c([N+](=O)[O-])c1. The van der Waals surface area contributed by atoms with Crippen LogP contribution in [-0.4, -0.2) is 44.4 Å². The molecule has 1 N–H and O–H groups in total. The molecule has 1 amide bonds. The zero-order valence-electron chi connectivity index (χ0n) is 16.7. The minimum Gasteiger partial charge on any atom is -0.341 e. The van der Waals surface area contributed by atoms with Gasteiger partial charge in [-0.05, 0) is 43.2 Å². The Balaban J connectivity index is 1.52. The maximum atomic E-state index is 13.5. The van der Waals surface area contributed by atoms with Crippen LogP contribution < -0.4 is 10.2 Å². The Morgan fingerprint density at radius 1 is 1.22 bits per heavy atom. The van der Waals surface area contributed by atoms with Crippen molar-refractivity contribution in [3.05, 3.63) is 63.4 Å². The standard InChI is InChI=1S/C20H18ClFN6O3S/c21-13-4-3-5-15(10-13)27-19(26-8-1-2-9-26)24-25-20(27)32-12-18(29)23-14-6-7-16(22)17(11-14)28(30)31/h3-7,10-11H,1-2,8-9,12H2,(H,23,29). The van der Waals surface area contributed by atoms with Crippen LogP contribution in [0.15, 0.2) is 47.6 Å². The van der Waals surface area contributed by atoms with Crippen molar-refractivity contribution in [2.45, 2.75) is 18.0 Å². The van der Waals surface area contributed by atoms with E-state index in [1.165, 1.54) is 17.8 Å². The first kappa shape index (κ1) is 22.0. The van der Waals surface area contributed by atoms with Gasteiger partial charge in [-0.2, -0.15) is 4.39 Å².